The molecule has 1 atom stereocenters. The number of fused-ring (bicyclic) bond motifs is 3. The van der Waals surface area contributed by atoms with E-state index in [2.05, 4.69) is 40.0 Å². The van der Waals surface area contributed by atoms with E-state index in [4.69, 9.17) is 0 Å². The topological polar surface area (TPSA) is 20.2 Å². The van der Waals surface area contributed by atoms with Crippen LogP contribution >= 0.6 is 0 Å². The monoisotopic (exact) mass is 233 g/mol. The van der Waals surface area contributed by atoms with Crippen molar-refractivity contribution in [2.75, 3.05) is 19.6 Å². The second kappa shape index (κ2) is 4.83. The molecular weight excluding hydrogens is 210 g/mol. The zero-order chi connectivity index (χ0) is 11.7. The zero-order valence-electron chi connectivity index (χ0n) is 10.7. The molecule has 0 aromatic carbocycles. The van der Waals surface area contributed by atoms with E-state index < -0.39 is 0 Å². The van der Waals surface area contributed by atoms with Crippen molar-refractivity contribution >= 4 is 0 Å². The van der Waals surface area contributed by atoms with Gasteiger partial charge >= 0.3 is 0 Å². The summed E-state index contributed by atoms with van der Waals surface area (Å²) in [7, 11) is 0. The second-order valence-electron chi connectivity index (χ2n) is 5.41. The molecule has 17 heavy (non-hydrogen) atoms. The van der Waals surface area contributed by atoms with Crippen LogP contribution in [0.25, 0.3) is 0 Å². The van der Waals surface area contributed by atoms with Gasteiger partial charge in [-0.1, -0.05) is 0 Å². The third-order valence-electron chi connectivity index (χ3n) is 4.47. The molecule has 3 fully saturated rings. The van der Waals surface area contributed by atoms with Gasteiger partial charge < -0.3 is 14.8 Å². The van der Waals surface area contributed by atoms with E-state index in [0.717, 1.165) is 25.0 Å². The summed E-state index contributed by atoms with van der Waals surface area (Å²) in [5, 5.41) is 3.77. The Morgan fingerprint density at radius 3 is 2.82 bits per heavy atom. The predicted molar refractivity (Wildman–Crippen MR) is 69.9 cm³/mol. The van der Waals surface area contributed by atoms with E-state index in [9.17, 15) is 0 Å². The lowest BCUT2D eigenvalue weighted by Crippen LogP contribution is -2.55. The molecule has 0 aliphatic carbocycles. The summed E-state index contributed by atoms with van der Waals surface area (Å²) >= 11 is 0. The van der Waals surface area contributed by atoms with E-state index in [1.807, 2.05) is 0 Å². The van der Waals surface area contributed by atoms with E-state index in [-0.39, 0.29) is 0 Å². The van der Waals surface area contributed by atoms with Crippen LogP contribution in [0.5, 0.6) is 0 Å². The predicted octanol–water partition coefficient (Wildman–Crippen LogP) is 1.69. The molecule has 1 unspecified atom stereocenters. The normalized spacial score (nSPS) is 31.9. The van der Waals surface area contributed by atoms with Crippen LogP contribution in [0.3, 0.4) is 0 Å². The van der Waals surface area contributed by atoms with E-state index in [1.165, 1.54) is 38.2 Å². The Morgan fingerprint density at radius 2 is 2.18 bits per heavy atom. The molecule has 2 bridgehead atoms. The first-order chi connectivity index (χ1) is 8.36. The average Bonchev–Trinajstić information content (AvgIpc) is 2.85. The lowest BCUT2D eigenvalue weighted by atomic mass is 9.84. The number of nitrogens with one attached hydrogen (secondary N) is 1. The van der Waals surface area contributed by atoms with Crippen LogP contribution in [-0.4, -0.2) is 35.1 Å². The SMILES string of the molecule is CCn1cccc1CNC1CN2CCC1CC2. The van der Waals surface area contributed by atoms with Crippen LogP contribution in [-0.2, 0) is 13.1 Å². The smallest absolute Gasteiger partial charge is 0.0362 e. The van der Waals surface area contributed by atoms with Crippen molar-refractivity contribution in [3.63, 3.8) is 0 Å². The van der Waals surface area contributed by atoms with Crippen LogP contribution in [0.15, 0.2) is 18.3 Å². The summed E-state index contributed by atoms with van der Waals surface area (Å²) in [5.74, 6) is 0.921. The molecule has 0 saturated carbocycles. The van der Waals surface area contributed by atoms with Gasteiger partial charge in [0.15, 0.2) is 0 Å². The maximum atomic E-state index is 3.77. The molecule has 3 aliphatic heterocycles. The largest absolute Gasteiger partial charge is 0.351 e. The third kappa shape index (κ3) is 2.26. The van der Waals surface area contributed by atoms with Crippen LogP contribution in [0.2, 0.25) is 0 Å². The molecule has 4 heterocycles. The fourth-order valence-corrected chi connectivity index (χ4v) is 3.35. The van der Waals surface area contributed by atoms with Crippen molar-refractivity contribution < 1.29 is 0 Å². The summed E-state index contributed by atoms with van der Waals surface area (Å²) < 4.78 is 2.33. The fraction of sp³-hybridized carbons (Fsp3) is 0.714. The van der Waals surface area contributed by atoms with Gasteiger partial charge in [0, 0.05) is 37.6 Å². The number of nitrogens with zero attached hydrogens (tertiary/aromatic N) is 2. The van der Waals surface area contributed by atoms with E-state index in [1.54, 1.807) is 0 Å². The van der Waals surface area contributed by atoms with Crippen molar-refractivity contribution in [3.8, 4) is 0 Å². The molecule has 94 valence electrons. The van der Waals surface area contributed by atoms with Crippen molar-refractivity contribution in [3.05, 3.63) is 24.0 Å². The van der Waals surface area contributed by atoms with E-state index in [0.29, 0.717) is 0 Å². The Bertz CT molecular complexity index is 363. The molecule has 3 saturated heterocycles. The Labute approximate surface area is 104 Å². The molecule has 3 aliphatic rings. The minimum Gasteiger partial charge on any atom is -0.351 e. The number of hydrogen-bond donors (Lipinski definition) is 1. The summed E-state index contributed by atoms with van der Waals surface area (Å²) in [5.41, 5.74) is 1.42. The molecule has 1 aromatic rings. The summed E-state index contributed by atoms with van der Waals surface area (Å²) in [6, 6.07) is 5.10. The number of aromatic nitrogens is 1. The standard InChI is InChI=1S/C14H23N3/c1-2-17-7-3-4-13(17)10-15-14-11-16-8-5-12(14)6-9-16/h3-4,7,12,14-15H,2,5-6,8-11H2,1H3. The molecule has 3 heteroatoms. The lowest BCUT2D eigenvalue weighted by Gasteiger charge is -2.45. The summed E-state index contributed by atoms with van der Waals surface area (Å²) in [6.45, 7) is 8.22. The first-order valence-electron chi connectivity index (χ1n) is 6.96. The van der Waals surface area contributed by atoms with Gasteiger partial charge in [0.05, 0.1) is 0 Å². The van der Waals surface area contributed by atoms with Crippen molar-refractivity contribution in [1.82, 2.24) is 14.8 Å². The van der Waals surface area contributed by atoms with Crippen LogP contribution in [0.1, 0.15) is 25.5 Å². The Balaban J connectivity index is 1.57. The minimum atomic E-state index is 0.720. The molecule has 0 amide bonds. The van der Waals surface area contributed by atoms with Crippen molar-refractivity contribution in [2.45, 2.75) is 38.9 Å². The van der Waals surface area contributed by atoms with Gasteiger partial charge in [-0.3, -0.25) is 0 Å². The fourth-order valence-electron chi connectivity index (χ4n) is 3.35. The Kier molecular flexibility index (Phi) is 3.21. The highest BCUT2D eigenvalue weighted by atomic mass is 15.2. The minimum absolute atomic E-state index is 0.720. The van der Waals surface area contributed by atoms with Gasteiger partial charge in [0.2, 0.25) is 0 Å². The first-order valence-corrected chi connectivity index (χ1v) is 6.96. The molecular formula is C14H23N3. The highest BCUT2D eigenvalue weighted by Gasteiger charge is 2.33. The van der Waals surface area contributed by atoms with Gasteiger partial charge in [0.1, 0.15) is 0 Å². The molecule has 4 rings (SSSR count). The number of rotatable bonds is 4. The van der Waals surface area contributed by atoms with Gasteiger partial charge in [-0.2, -0.15) is 0 Å². The van der Waals surface area contributed by atoms with Gasteiger partial charge in [-0.15, -0.1) is 0 Å². The van der Waals surface area contributed by atoms with Gasteiger partial charge in [0.25, 0.3) is 0 Å². The Hall–Kier alpha value is -0.800. The summed E-state index contributed by atoms with van der Waals surface area (Å²) in [6.07, 6.45) is 4.96. The summed E-state index contributed by atoms with van der Waals surface area (Å²) in [4.78, 5) is 2.61. The maximum Gasteiger partial charge on any atom is 0.0362 e. The van der Waals surface area contributed by atoms with Crippen molar-refractivity contribution in [1.29, 1.82) is 0 Å². The number of piperidine rings is 3. The third-order valence-corrected chi connectivity index (χ3v) is 4.47. The zero-order valence-corrected chi connectivity index (χ0v) is 10.7. The number of aryl methyl sites for hydroxylation is 1. The molecule has 1 N–H and O–H groups in total. The molecule has 0 spiro atoms. The first kappa shape index (κ1) is 11.3. The molecule has 1 aromatic heterocycles. The highest BCUT2D eigenvalue weighted by Crippen LogP contribution is 2.27. The average molecular weight is 233 g/mol. The Morgan fingerprint density at radius 1 is 1.35 bits per heavy atom. The van der Waals surface area contributed by atoms with Crippen LogP contribution in [0, 0.1) is 5.92 Å². The molecule has 0 radical (unpaired) electrons. The lowest BCUT2D eigenvalue weighted by molar-refractivity contribution is 0.0717. The van der Waals surface area contributed by atoms with Crippen molar-refractivity contribution in [2.24, 2.45) is 5.92 Å². The second-order valence-corrected chi connectivity index (χ2v) is 5.41. The highest BCUT2D eigenvalue weighted by molar-refractivity contribution is 5.07. The quantitative estimate of drug-likeness (QED) is 0.854. The van der Waals surface area contributed by atoms with Gasteiger partial charge in [-0.05, 0) is 50.9 Å². The van der Waals surface area contributed by atoms with Crippen LogP contribution < -0.4 is 5.32 Å². The maximum absolute atomic E-state index is 3.77. The molecule has 3 nitrogen and oxygen atoms in total. The van der Waals surface area contributed by atoms with Crippen LogP contribution in [0.4, 0.5) is 0 Å². The van der Waals surface area contributed by atoms with Gasteiger partial charge in [-0.25, -0.2) is 0 Å². The number of hydrogen-bond acceptors (Lipinski definition) is 2. The van der Waals surface area contributed by atoms with E-state index >= 15 is 0 Å².